The van der Waals surface area contributed by atoms with E-state index in [1.807, 2.05) is 24.3 Å². The Morgan fingerprint density at radius 2 is 1.42 bits per heavy atom. The molecule has 1 aromatic heterocycles. The number of nitrogens with zero attached hydrogens (tertiary/aromatic N) is 5. The molecule has 0 unspecified atom stereocenters. The zero-order valence-corrected chi connectivity index (χ0v) is 21.1. The largest absolute Gasteiger partial charge is 0.368 e. The van der Waals surface area contributed by atoms with E-state index >= 15 is 0 Å². The van der Waals surface area contributed by atoms with Gasteiger partial charge in [0.15, 0.2) is 11.1 Å². The molecule has 5 rings (SSSR count). The lowest BCUT2D eigenvalue weighted by Gasteiger charge is -2.38. The lowest BCUT2D eigenvalue weighted by Crippen LogP contribution is -2.47. The number of aryl methyl sites for hydroxylation is 1. The molecule has 0 spiro atoms. The molecular weight excluding hydrogens is 470 g/mol. The lowest BCUT2D eigenvalue weighted by atomic mass is 10.1. The molecular formula is C28H27N5O2S. The van der Waals surface area contributed by atoms with E-state index in [4.69, 9.17) is 9.97 Å². The number of fused-ring (bicyclic) bond motifs is 1. The van der Waals surface area contributed by atoms with E-state index in [1.165, 1.54) is 28.9 Å². The molecule has 0 radical (unpaired) electrons. The quantitative estimate of drug-likeness (QED) is 0.398. The van der Waals surface area contributed by atoms with Gasteiger partial charge in [0.25, 0.3) is 0 Å². The number of hydrogen-bond donors (Lipinski definition) is 0. The van der Waals surface area contributed by atoms with Crippen LogP contribution < -0.4 is 9.80 Å². The predicted octanol–water partition coefficient (Wildman–Crippen LogP) is 4.61. The lowest BCUT2D eigenvalue weighted by molar-refractivity contribution is 0.589. The molecule has 3 aromatic carbocycles. The number of nitriles is 1. The summed E-state index contributed by atoms with van der Waals surface area (Å²) >= 11 is 0. The van der Waals surface area contributed by atoms with Crippen LogP contribution in [-0.4, -0.2) is 44.6 Å². The van der Waals surface area contributed by atoms with Crippen molar-refractivity contribution in [2.24, 2.45) is 0 Å². The summed E-state index contributed by atoms with van der Waals surface area (Å²) in [6.45, 7) is 7.02. The second-order valence-corrected chi connectivity index (χ2v) is 11.0. The predicted molar refractivity (Wildman–Crippen MR) is 142 cm³/mol. The van der Waals surface area contributed by atoms with Gasteiger partial charge < -0.3 is 9.80 Å². The van der Waals surface area contributed by atoms with Gasteiger partial charge in [-0.1, -0.05) is 42.5 Å². The number of anilines is 2. The molecule has 2 heterocycles. The van der Waals surface area contributed by atoms with Crippen LogP contribution in [0.3, 0.4) is 0 Å². The van der Waals surface area contributed by atoms with Crippen molar-refractivity contribution in [2.45, 2.75) is 24.0 Å². The molecule has 4 aromatic rings. The number of piperazine rings is 1. The molecule has 182 valence electrons. The Bertz CT molecular complexity index is 1560. The Morgan fingerprint density at radius 1 is 0.806 bits per heavy atom. The first-order chi connectivity index (χ1) is 17.4. The molecule has 0 saturated carbocycles. The smallest absolute Gasteiger partial charge is 0.200 e. The first-order valence-corrected chi connectivity index (χ1v) is 13.5. The minimum atomic E-state index is -4.00. The summed E-state index contributed by atoms with van der Waals surface area (Å²) in [7, 11) is -4.00. The molecule has 1 aliphatic rings. The summed E-state index contributed by atoms with van der Waals surface area (Å²) in [6, 6.07) is 23.8. The first kappa shape index (κ1) is 23.8. The average Bonchev–Trinajstić information content (AvgIpc) is 2.91. The highest BCUT2D eigenvalue weighted by Crippen LogP contribution is 2.34. The zero-order chi connectivity index (χ0) is 25.3. The standard InChI is InChI=1S/C28H27N5O2S/c1-20-9-8-14-25(21(20)2)32-15-17-33(18-16-32)28-27(30-23-12-6-7-13-24(23)31-28)26(19-29)36(34,35)22-10-4-3-5-11-22/h3-14,26H,15-18H2,1-2H3/t26-/m1/s1. The average molecular weight is 498 g/mol. The van der Waals surface area contributed by atoms with E-state index < -0.39 is 15.1 Å². The third-order valence-corrected chi connectivity index (χ3v) is 8.70. The van der Waals surface area contributed by atoms with E-state index in [0.29, 0.717) is 29.9 Å². The number of rotatable bonds is 5. The van der Waals surface area contributed by atoms with Gasteiger partial charge in [0, 0.05) is 31.9 Å². The summed E-state index contributed by atoms with van der Waals surface area (Å²) in [5.41, 5.74) is 5.13. The Morgan fingerprint density at radius 3 is 2.08 bits per heavy atom. The van der Waals surface area contributed by atoms with E-state index in [2.05, 4.69) is 41.8 Å². The van der Waals surface area contributed by atoms with Gasteiger partial charge in [0.2, 0.25) is 9.84 Å². The SMILES string of the molecule is Cc1cccc(N2CCN(c3nc4ccccc4nc3[C@@H](C#N)S(=O)(=O)c3ccccc3)CC2)c1C. The molecule has 1 saturated heterocycles. The van der Waals surface area contributed by atoms with Gasteiger partial charge in [0.1, 0.15) is 5.69 Å². The maximum absolute atomic E-state index is 13.5. The van der Waals surface area contributed by atoms with Crippen LogP contribution in [0.5, 0.6) is 0 Å². The summed E-state index contributed by atoms with van der Waals surface area (Å²) in [6.07, 6.45) is 0. The number of benzene rings is 3. The van der Waals surface area contributed by atoms with Crippen molar-refractivity contribution in [3.8, 4) is 6.07 Å². The Labute approximate surface area is 211 Å². The fraction of sp³-hybridized carbons (Fsp3) is 0.250. The van der Waals surface area contributed by atoms with E-state index in [-0.39, 0.29) is 10.6 Å². The molecule has 7 nitrogen and oxygen atoms in total. The monoisotopic (exact) mass is 497 g/mol. The van der Waals surface area contributed by atoms with Crippen LogP contribution >= 0.6 is 0 Å². The second-order valence-electron chi connectivity index (χ2n) is 8.98. The van der Waals surface area contributed by atoms with Gasteiger partial charge in [-0.15, -0.1) is 0 Å². The van der Waals surface area contributed by atoms with Crippen molar-refractivity contribution in [1.82, 2.24) is 9.97 Å². The van der Waals surface area contributed by atoms with Gasteiger partial charge >= 0.3 is 0 Å². The maximum Gasteiger partial charge on any atom is 0.200 e. The summed E-state index contributed by atoms with van der Waals surface area (Å²) in [5.74, 6) is 0.459. The minimum Gasteiger partial charge on any atom is -0.368 e. The van der Waals surface area contributed by atoms with Crippen LogP contribution in [0.4, 0.5) is 11.5 Å². The molecule has 8 heteroatoms. The van der Waals surface area contributed by atoms with E-state index in [0.717, 1.165) is 13.1 Å². The zero-order valence-electron chi connectivity index (χ0n) is 20.3. The van der Waals surface area contributed by atoms with Crippen LogP contribution in [-0.2, 0) is 9.84 Å². The van der Waals surface area contributed by atoms with Crippen LogP contribution in [0.1, 0.15) is 22.1 Å². The minimum absolute atomic E-state index is 0.0946. The molecule has 0 aliphatic carbocycles. The fourth-order valence-electron chi connectivity index (χ4n) is 4.67. The molecule has 0 amide bonds. The van der Waals surface area contributed by atoms with Crippen LogP contribution in [0.15, 0.2) is 77.7 Å². The van der Waals surface area contributed by atoms with Crippen LogP contribution in [0, 0.1) is 25.2 Å². The van der Waals surface area contributed by atoms with E-state index in [1.54, 1.807) is 24.3 Å². The molecule has 0 N–H and O–H groups in total. The highest BCUT2D eigenvalue weighted by atomic mass is 32.2. The third-order valence-electron chi connectivity index (χ3n) is 6.82. The Hall–Kier alpha value is -3.96. The van der Waals surface area contributed by atoms with Crippen molar-refractivity contribution >= 4 is 32.4 Å². The van der Waals surface area contributed by atoms with Gasteiger partial charge in [-0.25, -0.2) is 18.4 Å². The topological polar surface area (TPSA) is 90.2 Å². The highest BCUT2D eigenvalue weighted by Gasteiger charge is 2.35. The molecule has 36 heavy (non-hydrogen) atoms. The van der Waals surface area contributed by atoms with Crippen molar-refractivity contribution < 1.29 is 8.42 Å². The van der Waals surface area contributed by atoms with Gasteiger partial charge in [-0.2, -0.15) is 5.26 Å². The molecule has 1 fully saturated rings. The Balaban J connectivity index is 1.54. The van der Waals surface area contributed by atoms with Crippen molar-refractivity contribution in [3.63, 3.8) is 0 Å². The Kier molecular flexibility index (Phi) is 6.33. The second kappa shape index (κ2) is 9.59. The maximum atomic E-state index is 13.5. The summed E-state index contributed by atoms with van der Waals surface area (Å²) in [5, 5.41) is 8.63. The van der Waals surface area contributed by atoms with Crippen molar-refractivity contribution in [2.75, 3.05) is 36.0 Å². The number of aromatic nitrogens is 2. The molecule has 1 atom stereocenters. The fourth-order valence-corrected chi connectivity index (χ4v) is 6.07. The van der Waals surface area contributed by atoms with Gasteiger partial charge in [-0.3, -0.25) is 0 Å². The molecule has 0 bridgehead atoms. The van der Waals surface area contributed by atoms with Gasteiger partial charge in [-0.05, 0) is 55.3 Å². The first-order valence-electron chi connectivity index (χ1n) is 11.9. The van der Waals surface area contributed by atoms with E-state index in [9.17, 15) is 13.7 Å². The summed E-state index contributed by atoms with van der Waals surface area (Å²) in [4.78, 5) is 14.0. The van der Waals surface area contributed by atoms with Crippen LogP contribution in [0.2, 0.25) is 0 Å². The van der Waals surface area contributed by atoms with Gasteiger partial charge in [0.05, 0.1) is 22.0 Å². The number of hydrogen-bond acceptors (Lipinski definition) is 7. The van der Waals surface area contributed by atoms with Crippen molar-refractivity contribution in [3.05, 3.63) is 89.6 Å². The normalized spacial score (nSPS) is 15.0. The number of sulfone groups is 1. The number of para-hydroxylation sites is 2. The molecule has 1 aliphatic heterocycles. The summed E-state index contributed by atoms with van der Waals surface area (Å²) < 4.78 is 27.0. The van der Waals surface area contributed by atoms with Crippen molar-refractivity contribution in [1.29, 1.82) is 5.26 Å². The third kappa shape index (κ3) is 4.27. The van der Waals surface area contributed by atoms with Crippen LogP contribution in [0.25, 0.3) is 11.0 Å². The highest BCUT2D eigenvalue weighted by molar-refractivity contribution is 7.92.